The van der Waals surface area contributed by atoms with Crippen molar-refractivity contribution in [1.82, 2.24) is 15.3 Å². The fourth-order valence-electron chi connectivity index (χ4n) is 3.80. The van der Waals surface area contributed by atoms with E-state index in [0.717, 1.165) is 29.9 Å². The highest BCUT2D eigenvalue weighted by atomic mass is 32.1. The summed E-state index contributed by atoms with van der Waals surface area (Å²) >= 11 is 5.56. The zero-order chi connectivity index (χ0) is 22.5. The molecule has 0 amide bonds. The Labute approximate surface area is 193 Å². The van der Waals surface area contributed by atoms with E-state index in [0.29, 0.717) is 22.8 Å². The van der Waals surface area contributed by atoms with Gasteiger partial charge in [-0.2, -0.15) is 0 Å². The average Bonchev–Trinajstić information content (AvgIpc) is 3.15. The summed E-state index contributed by atoms with van der Waals surface area (Å²) in [5.74, 6) is 1.68. The van der Waals surface area contributed by atoms with Gasteiger partial charge in [-0.15, -0.1) is 0 Å². The third-order valence-corrected chi connectivity index (χ3v) is 5.34. The molecule has 0 spiro atoms. The molecule has 1 aliphatic carbocycles. The van der Waals surface area contributed by atoms with Gasteiger partial charge in [0.1, 0.15) is 5.75 Å². The number of para-hydroxylation sites is 2. The molecule has 164 valence electrons. The van der Waals surface area contributed by atoms with E-state index in [2.05, 4.69) is 50.2 Å². The molecular weight excluding hydrogens is 420 g/mol. The van der Waals surface area contributed by atoms with Crippen LogP contribution in [0.15, 0.2) is 59.6 Å². The Kier molecular flexibility index (Phi) is 6.61. The van der Waals surface area contributed by atoms with Crippen LogP contribution in [0.1, 0.15) is 22.5 Å². The number of aryl methyl sites for hydroxylation is 2. The van der Waals surface area contributed by atoms with Crippen molar-refractivity contribution in [2.24, 2.45) is 4.99 Å². The van der Waals surface area contributed by atoms with E-state index < -0.39 is 0 Å². The summed E-state index contributed by atoms with van der Waals surface area (Å²) < 4.78 is 5.40. The van der Waals surface area contributed by atoms with Crippen LogP contribution < -0.4 is 20.7 Å². The smallest absolute Gasteiger partial charge is 0.229 e. The van der Waals surface area contributed by atoms with Crippen LogP contribution >= 0.6 is 12.2 Å². The number of hydrogen-bond donors (Lipinski definition) is 3. The van der Waals surface area contributed by atoms with E-state index in [1.807, 2.05) is 44.2 Å². The van der Waals surface area contributed by atoms with Gasteiger partial charge in [0.25, 0.3) is 0 Å². The molecule has 0 fully saturated rings. The molecule has 1 aromatic heterocycles. The number of fused-ring (bicyclic) bond motifs is 1. The lowest BCUT2D eigenvalue weighted by molar-refractivity contribution is 0.417. The molecule has 0 saturated carbocycles. The summed E-state index contributed by atoms with van der Waals surface area (Å²) in [4.78, 5) is 13.9. The van der Waals surface area contributed by atoms with Crippen LogP contribution in [0, 0.1) is 13.8 Å². The van der Waals surface area contributed by atoms with E-state index in [9.17, 15) is 0 Å². The topological polar surface area (TPSA) is 83.5 Å². The van der Waals surface area contributed by atoms with Gasteiger partial charge in [0, 0.05) is 11.4 Å². The second-order valence-corrected chi connectivity index (χ2v) is 8.10. The Hall–Kier alpha value is -3.52. The van der Waals surface area contributed by atoms with Gasteiger partial charge in [-0.25, -0.2) is 15.0 Å². The monoisotopic (exact) mass is 446 g/mol. The van der Waals surface area contributed by atoms with Crippen molar-refractivity contribution < 1.29 is 4.74 Å². The van der Waals surface area contributed by atoms with E-state index >= 15 is 0 Å². The molecule has 1 aliphatic rings. The van der Waals surface area contributed by atoms with Crippen LogP contribution in [0.2, 0.25) is 0 Å². The lowest BCUT2D eigenvalue weighted by atomic mass is 10.1. The normalized spacial score (nSPS) is 13.4. The first kappa shape index (κ1) is 21.7. The van der Waals surface area contributed by atoms with Gasteiger partial charge in [0.2, 0.25) is 11.9 Å². The highest BCUT2D eigenvalue weighted by molar-refractivity contribution is 7.80. The number of aromatic nitrogens is 2. The maximum Gasteiger partial charge on any atom is 0.229 e. The van der Waals surface area contributed by atoms with Crippen LogP contribution in [0.5, 0.6) is 5.75 Å². The molecule has 0 unspecified atom stereocenters. The fraction of sp³-hybridized carbons (Fsp3) is 0.250. The third-order valence-electron chi connectivity index (χ3n) is 5.14. The molecule has 32 heavy (non-hydrogen) atoms. The number of aliphatic imine (C=N–C) groups is 1. The van der Waals surface area contributed by atoms with Crippen molar-refractivity contribution in [3.8, 4) is 5.75 Å². The molecule has 0 radical (unpaired) electrons. The molecule has 3 N–H and O–H groups in total. The molecule has 7 nitrogen and oxygen atoms in total. The van der Waals surface area contributed by atoms with Crippen molar-refractivity contribution >= 4 is 34.9 Å². The number of thiocarbonyl (C=S) groups is 1. The zero-order valence-corrected chi connectivity index (χ0v) is 19.2. The Bertz CT molecular complexity index is 1120. The Morgan fingerprint density at radius 3 is 2.25 bits per heavy atom. The second kappa shape index (κ2) is 9.74. The maximum absolute atomic E-state index is 5.56. The minimum Gasteiger partial charge on any atom is -0.495 e. The highest BCUT2D eigenvalue weighted by Crippen LogP contribution is 2.24. The summed E-state index contributed by atoms with van der Waals surface area (Å²) in [5.41, 5.74) is 5.18. The Balaban J connectivity index is 1.55. The average molecular weight is 447 g/mol. The highest BCUT2D eigenvalue weighted by Gasteiger charge is 2.21. The number of ether oxygens (including phenoxy) is 1. The lowest BCUT2D eigenvalue weighted by Gasteiger charge is -2.17. The van der Waals surface area contributed by atoms with Gasteiger partial charge in [-0.3, -0.25) is 5.32 Å². The van der Waals surface area contributed by atoms with Crippen LogP contribution in [-0.2, 0) is 12.8 Å². The number of nitrogens with one attached hydrogen (secondary N) is 3. The van der Waals surface area contributed by atoms with Gasteiger partial charge in [-0.1, -0.05) is 36.4 Å². The first-order valence-corrected chi connectivity index (χ1v) is 10.9. The summed E-state index contributed by atoms with van der Waals surface area (Å²) in [5, 5.41) is 9.96. The largest absolute Gasteiger partial charge is 0.495 e. The van der Waals surface area contributed by atoms with Crippen LogP contribution in [0.4, 0.5) is 11.6 Å². The quantitative estimate of drug-likeness (QED) is 0.317. The van der Waals surface area contributed by atoms with Crippen molar-refractivity contribution in [2.45, 2.75) is 32.7 Å². The molecule has 4 rings (SSSR count). The van der Waals surface area contributed by atoms with Crippen LogP contribution in [0.25, 0.3) is 0 Å². The predicted molar refractivity (Wildman–Crippen MR) is 133 cm³/mol. The van der Waals surface area contributed by atoms with Crippen molar-refractivity contribution in [1.29, 1.82) is 0 Å². The Morgan fingerprint density at radius 2 is 1.59 bits per heavy atom. The SMILES string of the molecule is COc1ccccc1NC(=S)NC(=NC1Cc2ccccc2C1)Nc1nc(C)cc(C)n1. The first-order valence-electron chi connectivity index (χ1n) is 10.4. The number of methoxy groups -OCH3 is 1. The molecule has 2 aromatic carbocycles. The number of rotatable bonds is 4. The molecule has 0 atom stereocenters. The molecule has 1 heterocycles. The maximum atomic E-state index is 5.56. The standard InChI is InChI=1S/C24H26N6OS/c1-15-12-16(2)26-22(25-15)29-23(27-19-13-17-8-4-5-9-18(17)14-19)30-24(32)28-20-10-6-7-11-21(20)31-3/h4-12,19H,13-14H2,1-3H3,(H3,25,26,27,28,29,30,32). The predicted octanol–water partition coefficient (Wildman–Crippen LogP) is 4.02. The van der Waals surface area contributed by atoms with E-state index in [4.69, 9.17) is 21.9 Å². The lowest BCUT2D eigenvalue weighted by Crippen LogP contribution is -2.40. The fourth-order valence-corrected chi connectivity index (χ4v) is 4.01. The van der Waals surface area contributed by atoms with Crippen LogP contribution in [0.3, 0.4) is 0 Å². The molecule has 8 heteroatoms. The van der Waals surface area contributed by atoms with Gasteiger partial charge in [0.15, 0.2) is 5.11 Å². The van der Waals surface area contributed by atoms with Crippen molar-refractivity contribution in [2.75, 3.05) is 17.7 Å². The summed E-state index contributed by atoms with van der Waals surface area (Å²) in [6.07, 6.45) is 1.76. The third kappa shape index (κ3) is 5.39. The zero-order valence-electron chi connectivity index (χ0n) is 18.3. The number of nitrogens with zero attached hydrogens (tertiary/aromatic N) is 3. The number of guanidine groups is 1. The number of benzene rings is 2. The van der Waals surface area contributed by atoms with Gasteiger partial charge in [-0.05, 0) is 68.2 Å². The molecule has 0 bridgehead atoms. The van der Waals surface area contributed by atoms with Crippen LogP contribution in [-0.4, -0.2) is 34.2 Å². The van der Waals surface area contributed by atoms with E-state index in [-0.39, 0.29) is 6.04 Å². The number of anilines is 2. The van der Waals surface area contributed by atoms with Crippen molar-refractivity contribution in [3.63, 3.8) is 0 Å². The summed E-state index contributed by atoms with van der Waals surface area (Å²) in [7, 11) is 1.63. The van der Waals surface area contributed by atoms with E-state index in [1.165, 1.54) is 11.1 Å². The minimum absolute atomic E-state index is 0.0994. The molecule has 0 aliphatic heterocycles. The molecular formula is C24H26N6OS. The molecule has 3 aromatic rings. The Morgan fingerprint density at radius 1 is 0.969 bits per heavy atom. The van der Waals surface area contributed by atoms with Gasteiger partial charge in [0.05, 0.1) is 18.8 Å². The summed E-state index contributed by atoms with van der Waals surface area (Å²) in [6.45, 7) is 3.87. The van der Waals surface area contributed by atoms with Crippen molar-refractivity contribution in [3.05, 3.63) is 77.1 Å². The molecule has 0 saturated heterocycles. The van der Waals surface area contributed by atoms with Gasteiger partial charge >= 0.3 is 0 Å². The van der Waals surface area contributed by atoms with E-state index in [1.54, 1.807) is 7.11 Å². The van der Waals surface area contributed by atoms with Gasteiger partial charge < -0.3 is 15.4 Å². The number of hydrogen-bond acceptors (Lipinski definition) is 5. The minimum atomic E-state index is 0.0994. The first-order chi connectivity index (χ1) is 15.5. The summed E-state index contributed by atoms with van der Waals surface area (Å²) in [6, 6.07) is 18.1. The second-order valence-electron chi connectivity index (χ2n) is 7.69.